The van der Waals surface area contributed by atoms with Gasteiger partial charge in [-0.3, -0.25) is 14.9 Å². The van der Waals surface area contributed by atoms with E-state index in [0.717, 1.165) is 57.8 Å². The number of ether oxygens (including phenoxy) is 1. The molecular weight excluding hydrogens is 336 g/mol. The molecule has 5 aliphatic rings. The van der Waals surface area contributed by atoms with Crippen molar-refractivity contribution in [1.29, 1.82) is 0 Å². The second-order valence-corrected chi connectivity index (χ2v) is 9.04. The number of nitrogens with one attached hydrogen (secondary N) is 2. The van der Waals surface area contributed by atoms with E-state index < -0.39 is 35.5 Å². The Labute approximate surface area is 153 Å². The Morgan fingerprint density at radius 1 is 1.04 bits per heavy atom. The number of esters is 1. The monoisotopic (exact) mass is 364 g/mol. The Bertz CT molecular complexity index is 599. The maximum atomic E-state index is 12.7. The van der Waals surface area contributed by atoms with Crippen LogP contribution >= 0.6 is 0 Å². The minimum atomic E-state index is -0.744. The van der Waals surface area contributed by atoms with Crippen molar-refractivity contribution < 1.29 is 24.2 Å². The molecule has 0 unspecified atom stereocenters. The van der Waals surface area contributed by atoms with Gasteiger partial charge >= 0.3 is 12.0 Å². The minimum Gasteiger partial charge on any atom is -0.455 e. The van der Waals surface area contributed by atoms with E-state index in [1.807, 2.05) is 0 Å². The van der Waals surface area contributed by atoms with Gasteiger partial charge in [-0.15, -0.1) is 0 Å². The summed E-state index contributed by atoms with van der Waals surface area (Å²) in [6.45, 7) is -0.452. The molecule has 0 aromatic carbocycles. The molecule has 0 aliphatic heterocycles. The van der Waals surface area contributed by atoms with Gasteiger partial charge in [0.25, 0.3) is 5.91 Å². The lowest BCUT2D eigenvalue weighted by atomic mass is 9.48. The molecule has 7 heteroatoms. The molecule has 0 aromatic rings. The molecule has 0 saturated heterocycles. The number of carbonyl (C=O) groups is 3. The first kappa shape index (κ1) is 17.8. The molecule has 0 aromatic heterocycles. The van der Waals surface area contributed by atoms with Crippen molar-refractivity contribution in [3.63, 3.8) is 0 Å². The summed E-state index contributed by atoms with van der Waals surface area (Å²) in [5.74, 6) is -0.256. The first-order chi connectivity index (χ1) is 12.4. The molecule has 5 saturated carbocycles. The summed E-state index contributed by atoms with van der Waals surface area (Å²) < 4.78 is 5.26. The third-order valence-electron chi connectivity index (χ3n) is 6.74. The molecule has 26 heavy (non-hydrogen) atoms. The Morgan fingerprint density at radius 3 is 2.31 bits per heavy atom. The SMILES string of the molecule is O=C(COC(=O)C12C[C@@H]3C[C@H](CC(O)(C3)C1)C2)NC(=O)NC1CCCC1. The van der Waals surface area contributed by atoms with Crippen LogP contribution in [0.1, 0.15) is 64.2 Å². The van der Waals surface area contributed by atoms with Gasteiger partial charge < -0.3 is 15.2 Å². The van der Waals surface area contributed by atoms with Crippen molar-refractivity contribution in [2.24, 2.45) is 17.3 Å². The van der Waals surface area contributed by atoms with Crippen LogP contribution in [0.5, 0.6) is 0 Å². The number of amides is 3. The molecule has 3 amide bonds. The fourth-order valence-corrected chi connectivity index (χ4v) is 6.19. The first-order valence-corrected chi connectivity index (χ1v) is 9.86. The summed E-state index contributed by atoms with van der Waals surface area (Å²) in [5.41, 5.74) is -1.39. The van der Waals surface area contributed by atoms with Crippen LogP contribution in [0.3, 0.4) is 0 Å². The minimum absolute atomic E-state index is 0.123. The van der Waals surface area contributed by atoms with E-state index in [-0.39, 0.29) is 6.04 Å². The third-order valence-corrected chi connectivity index (χ3v) is 6.74. The Kier molecular flexibility index (Phi) is 4.45. The van der Waals surface area contributed by atoms with Gasteiger partial charge in [0.1, 0.15) is 0 Å². The van der Waals surface area contributed by atoms with E-state index in [4.69, 9.17) is 4.74 Å². The highest BCUT2D eigenvalue weighted by Gasteiger charge is 2.60. The number of hydrogen-bond donors (Lipinski definition) is 3. The Morgan fingerprint density at radius 2 is 1.69 bits per heavy atom. The highest BCUT2D eigenvalue weighted by molar-refractivity contribution is 5.95. The van der Waals surface area contributed by atoms with Crippen molar-refractivity contribution in [2.45, 2.75) is 75.9 Å². The molecule has 0 heterocycles. The number of aliphatic hydroxyl groups is 1. The van der Waals surface area contributed by atoms with Crippen molar-refractivity contribution in [1.82, 2.24) is 10.6 Å². The number of carbonyl (C=O) groups excluding carboxylic acids is 3. The van der Waals surface area contributed by atoms with E-state index >= 15 is 0 Å². The third kappa shape index (κ3) is 3.46. The van der Waals surface area contributed by atoms with Crippen molar-refractivity contribution in [3.05, 3.63) is 0 Å². The van der Waals surface area contributed by atoms with Crippen LogP contribution in [-0.4, -0.2) is 41.3 Å². The van der Waals surface area contributed by atoms with Gasteiger partial charge in [0.2, 0.25) is 0 Å². The largest absolute Gasteiger partial charge is 0.455 e. The molecule has 0 spiro atoms. The van der Waals surface area contributed by atoms with Gasteiger partial charge in [0.15, 0.2) is 6.61 Å². The van der Waals surface area contributed by atoms with Crippen molar-refractivity contribution in [2.75, 3.05) is 6.61 Å². The normalized spacial score (nSPS) is 38.2. The topological polar surface area (TPSA) is 105 Å². The zero-order valence-electron chi connectivity index (χ0n) is 15.1. The van der Waals surface area contributed by atoms with E-state index in [1.54, 1.807) is 0 Å². The quantitative estimate of drug-likeness (QED) is 0.658. The Balaban J connectivity index is 1.27. The maximum Gasteiger partial charge on any atom is 0.321 e. The molecule has 5 aliphatic carbocycles. The van der Waals surface area contributed by atoms with Crippen LogP contribution in [0, 0.1) is 17.3 Å². The number of rotatable bonds is 4. The number of hydrogen-bond acceptors (Lipinski definition) is 5. The van der Waals surface area contributed by atoms with Gasteiger partial charge in [0.05, 0.1) is 11.0 Å². The summed E-state index contributed by atoms with van der Waals surface area (Å²) in [5, 5.41) is 15.7. The lowest BCUT2D eigenvalue weighted by Gasteiger charge is -2.58. The maximum absolute atomic E-state index is 12.7. The standard InChI is InChI=1S/C19H28N2O5/c22-15(21-17(24)20-14-3-1-2-4-14)10-26-16(23)18-6-12-5-13(7-18)9-19(25,8-12)11-18/h12-14,25H,1-11H2,(H2,20,21,22,24)/t12-,13-,18?,19?/m0/s1. The summed E-state index contributed by atoms with van der Waals surface area (Å²) in [6, 6.07) is -0.403. The van der Waals surface area contributed by atoms with Crippen LogP contribution in [0.4, 0.5) is 4.79 Å². The smallest absolute Gasteiger partial charge is 0.321 e. The highest BCUT2D eigenvalue weighted by atomic mass is 16.5. The zero-order valence-corrected chi connectivity index (χ0v) is 15.1. The van der Waals surface area contributed by atoms with Crippen LogP contribution in [0.2, 0.25) is 0 Å². The van der Waals surface area contributed by atoms with Crippen LogP contribution < -0.4 is 10.6 Å². The predicted octanol–water partition coefficient (Wildman–Crippen LogP) is 1.63. The molecule has 4 bridgehead atoms. The van der Waals surface area contributed by atoms with E-state index in [1.165, 1.54) is 0 Å². The summed E-state index contributed by atoms with van der Waals surface area (Å²) in [6.07, 6.45) is 8.62. The molecule has 2 atom stereocenters. The molecule has 5 rings (SSSR count). The van der Waals surface area contributed by atoms with Crippen molar-refractivity contribution >= 4 is 17.9 Å². The average Bonchev–Trinajstić information content (AvgIpc) is 3.02. The van der Waals surface area contributed by atoms with Gasteiger partial charge in [-0.1, -0.05) is 12.8 Å². The van der Waals surface area contributed by atoms with Gasteiger partial charge in [-0.2, -0.15) is 0 Å². The van der Waals surface area contributed by atoms with Crippen molar-refractivity contribution in [3.8, 4) is 0 Å². The second kappa shape index (κ2) is 6.51. The fraction of sp³-hybridized carbons (Fsp3) is 0.842. The molecule has 5 fully saturated rings. The number of imide groups is 1. The predicted molar refractivity (Wildman–Crippen MR) is 92.0 cm³/mol. The van der Waals surface area contributed by atoms with Gasteiger partial charge in [-0.05, 0) is 63.2 Å². The molecular formula is C19H28N2O5. The molecule has 0 radical (unpaired) electrons. The van der Waals surface area contributed by atoms with Crippen LogP contribution in [-0.2, 0) is 14.3 Å². The van der Waals surface area contributed by atoms with Crippen LogP contribution in [0.15, 0.2) is 0 Å². The summed E-state index contributed by atoms with van der Waals surface area (Å²) in [7, 11) is 0. The number of urea groups is 1. The van der Waals surface area contributed by atoms with Gasteiger partial charge in [0, 0.05) is 6.04 Å². The highest BCUT2D eigenvalue weighted by Crippen LogP contribution is 2.61. The van der Waals surface area contributed by atoms with E-state index in [2.05, 4.69) is 10.6 Å². The average molecular weight is 364 g/mol. The van der Waals surface area contributed by atoms with Gasteiger partial charge in [-0.25, -0.2) is 4.79 Å². The zero-order chi connectivity index (χ0) is 18.4. The van der Waals surface area contributed by atoms with E-state index in [0.29, 0.717) is 18.3 Å². The summed E-state index contributed by atoms with van der Waals surface area (Å²) in [4.78, 5) is 36.4. The summed E-state index contributed by atoms with van der Waals surface area (Å²) >= 11 is 0. The Hall–Kier alpha value is -1.63. The van der Waals surface area contributed by atoms with E-state index in [9.17, 15) is 19.5 Å². The molecule has 144 valence electrons. The first-order valence-electron chi connectivity index (χ1n) is 9.86. The molecule has 7 nitrogen and oxygen atoms in total. The fourth-order valence-electron chi connectivity index (χ4n) is 6.19. The lowest BCUT2D eigenvalue weighted by molar-refractivity contribution is -0.196. The second-order valence-electron chi connectivity index (χ2n) is 9.04. The van der Waals surface area contributed by atoms with Crippen LogP contribution in [0.25, 0.3) is 0 Å². The molecule has 3 N–H and O–H groups in total. The lowest BCUT2D eigenvalue weighted by Crippen LogP contribution is -2.58.